The minimum atomic E-state index is -1.07. The molecule has 0 aromatic carbocycles. The van der Waals surface area contributed by atoms with E-state index in [4.69, 9.17) is 0 Å². The molecule has 0 amide bonds. The number of hydrogen-bond donors (Lipinski definition) is 0. The maximum Gasteiger partial charge on any atom is -1.00 e. The van der Waals surface area contributed by atoms with E-state index in [1.165, 1.54) is 64.2 Å². The molecule has 0 unspecified atom stereocenters. The van der Waals surface area contributed by atoms with Crippen LogP contribution >= 0.6 is 0 Å². The summed E-state index contributed by atoms with van der Waals surface area (Å²) in [4.78, 5) is 0. The zero-order valence-corrected chi connectivity index (χ0v) is 26.3. The second-order valence-electron chi connectivity index (χ2n) is 10.8. The molecule has 0 spiro atoms. The minimum Gasteiger partial charge on any atom is -1.00 e. The molecule has 4 aliphatic rings. The zero-order chi connectivity index (χ0) is 20.5. The maximum atomic E-state index is 2.76. The fourth-order valence-electron chi connectivity index (χ4n) is 5.96. The van der Waals surface area contributed by atoms with Crippen LogP contribution in [0.5, 0.6) is 0 Å². The molecule has 2 aliphatic carbocycles. The van der Waals surface area contributed by atoms with E-state index >= 15 is 0 Å². The third kappa shape index (κ3) is 5.75. The molecule has 5 heteroatoms. The van der Waals surface area contributed by atoms with Crippen molar-refractivity contribution in [1.29, 1.82) is 0 Å². The van der Waals surface area contributed by atoms with Crippen LogP contribution in [0.25, 0.3) is 0 Å². The topological polar surface area (TPSA) is 0 Å². The summed E-state index contributed by atoms with van der Waals surface area (Å²) < 4.78 is 4.09. The Labute approximate surface area is 218 Å². The predicted molar refractivity (Wildman–Crippen MR) is 130 cm³/mol. The predicted octanol–water partition coefficient (Wildman–Crippen LogP) is 2.67. The van der Waals surface area contributed by atoms with Crippen molar-refractivity contribution in [2.75, 3.05) is 0 Å². The molecule has 0 radical (unpaired) electrons. The van der Waals surface area contributed by atoms with Crippen LogP contribution in [-0.2, 0) is 23.2 Å². The van der Waals surface area contributed by atoms with Gasteiger partial charge < -0.3 is 24.8 Å². The first-order valence-electron chi connectivity index (χ1n) is 12.6. The quantitative estimate of drug-likeness (QED) is 0.353. The summed E-state index contributed by atoms with van der Waals surface area (Å²) in [5, 5.41) is 3.99. The molecule has 172 valence electrons. The molecule has 0 aromatic rings. The molecular formula is C26H42Cl2Si2Zr. The first-order chi connectivity index (χ1) is 14.0. The normalized spacial score (nSPS) is 23.2. The van der Waals surface area contributed by atoms with E-state index in [0.717, 1.165) is 0 Å². The Morgan fingerprint density at radius 1 is 0.710 bits per heavy atom. The average molecular weight is 573 g/mol. The van der Waals surface area contributed by atoms with Gasteiger partial charge in [-0.1, -0.05) is 0 Å². The third-order valence-electron chi connectivity index (χ3n) is 8.48. The second kappa shape index (κ2) is 12.0. The Bertz CT molecular complexity index is 706. The Morgan fingerprint density at radius 2 is 1.10 bits per heavy atom. The first-order valence-corrected chi connectivity index (χ1v) is 20.9. The number of hydrogen-bond acceptors (Lipinski definition) is 0. The Kier molecular flexibility index (Phi) is 10.9. The average Bonchev–Trinajstić information content (AvgIpc) is 3.26. The van der Waals surface area contributed by atoms with Crippen molar-refractivity contribution in [3.8, 4) is 0 Å². The van der Waals surface area contributed by atoms with Gasteiger partial charge in [-0.15, -0.1) is 0 Å². The van der Waals surface area contributed by atoms with Crippen molar-refractivity contribution in [3.63, 3.8) is 0 Å². The Balaban J connectivity index is 0.00000171. The van der Waals surface area contributed by atoms with Gasteiger partial charge in [-0.25, -0.2) is 0 Å². The molecule has 0 nitrogen and oxygen atoms in total. The van der Waals surface area contributed by atoms with E-state index in [9.17, 15) is 0 Å². The SMILES string of the molecule is CCCCC1=[C]([Zr+2][C]2=C(CCCC)CC=C2[Si]2(C)CCC2)C([Si]2(C)CCC2)=CC1.[Cl-].[Cl-]. The molecule has 0 aromatic heterocycles. The van der Waals surface area contributed by atoms with E-state index in [-0.39, 0.29) is 24.8 Å². The molecule has 0 atom stereocenters. The van der Waals surface area contributed by atoms with E-state index in [1.807, 2.05) is 28.1 Å². The smallest absolute Gasteiger partial charge is 1.00 e. The summed E-state index contributed by atoms with van der Waals surface area (Å²) in [6.45, 7) is 10.2. The van der Waals surface area contributed by atoms with Gasteiger partial charge in [0.1, 0.15) is 0 Å². The van der Waals surface area contributed by atoms with Crippen LogP contribution in [0.4, 0.5) is 0 Å². The van der Waals surface area contributed by atoms with Gasteiger partial charge in [-0.05, 0) is 0 Å². The molecule has 0 bridgehead atoms. The molecule has 0 N–H and O–H groups in total. The number of halogens is 2. The zero-order valence-electron chi connectivity index (χ0n) is 20.3. The molecule has 2 aliphatic heterocycles. The van der Waals surface area contributed by atoms with E-state index < -0.39 is 39.4 Å². The van der Waals surface area contributed by atoms with Gasteiger partial charge in [0.15, 0.2) is 0 Å². The van der Waals surface area contributed by atoms with E-state index in [0.29, 0.717) is 0 Å². The van der Waals surface area contributed by atoms with Crippen molar-refractivity contribution < 1.29 is 48.0 Å². The van der Waals surface area contributed by atoms with Crippen molar-refractivity contribution >= 4 is 16.1 Å². The van der Waals surface area contributed by atoms with Crippen molar-refractivity contribution in [1.82, 2.24) is 0 Å². The van der Waals surface area contributed by atoms with Gasteiger partial charge in [0.05, 0.1) is 0 Å². The largest absolute Gasteiger partial charge is 1.00 e. The first kappa shape index (κ1) is 28.1. The monoisotopic (exact) mass is 570 g/mol. The fraction of sp³-hybridized carbons (Fsp3) is 0.692. The molecule has 2 heterocycles. The molecule has 2 fully saturated rings. The van der Waals surface area contributed by atoms with Gasteiger partial charge in [0.2, 0.25) is 0 Å². The number of unbranched alkanes of at least 4 members (excludes halogenated alkanes) is 2. The molecule has 31 heavy (non-hydrogen) atoms. The molecule has 0 saturated carbocycles. The van der Waals surface area contributed by atoms with Crippen molar-refractivity contribution in [2.24, 2.45) is 0 Å². The van der Waals surface area contributed by atoms with Crippen LogP contribution in [0.1, 0.15) is 78.1 Å². The van der Waals surface area contributed by atoms with Gasteiger partial charge in [0.25, 0.3) is 0 Å². The summed E-state index contributed by atoms with van der Waals surface area (Å²) in [5.41, 5.74) is 3.84. The van der Waals surface area contributed by atoms with E-state index in [1.54, 1.807) is 24.2 Å². The standard InChI is InChI=1S/2C13H21Si.2ClH.Zr/c2*1-3-4-6-12-7-8-13(11-12)14(2)9-5-10-14;;;/h2*8H,3-7,9-10H2,1-2H3;2*1H;/q;;;;+2/p-2. The number of allylic oxidation sites excluding steroid dienone is 8. The molecule has 2 saturated heterocycles. The van der Waals surface area contributed by atoms with Crippen LogP contribution in [0.2, 0.25) is 37.3 Å². The summed E-state index contributed by atoms with van der Waals surface area (Å²) in [5.74, 6) is 0. The molecular weight excluding hydrogens is 531 g/mol. The van der Waals surface area contributed by atoms with Crippen LogP contribution in [-0.4, -0.2) is 16.1 Å². The van der Waals surface area contributed by atoms with Crippen LogP contribution in [0.15, 0.2) is 40.3 Å². The van der Waals surface area contributed by atoms with Gasteiger partial charge in [0, 0.05) is 0 Å². The summed E-state index contributed by atoms with van der Waals surface area (Å²) >= 11 is -0.663. The second-order valence-corrected chi connectivity index (χ2v) is 23.2. The van der Waals surface area contributed by atoms with Crippen LogP contribution in [0, 0.1) is 0 Å². The minimum absolute atomic E-state index is 0. The van der Waals surface area contributed by atoms with Gasteiger partial charge in [-0.3, -0.25) is 0 Å². The van der Waals surface area contributed by atoms with E-state index in [2.05, 4.69) is 39.1 Å². The molecule has 4 rings (SSSR count). The number of rotatable bonds is 10. The Hall–Kier alpha value is 0.857. The Morgan fingerprint density at radius 3 is 1.39 bits per heavy atom. The van der Waals surface area contributed by atoms with Gasteiger partial charge >= 0.3 is 195 Å². The summed E-state index contributed by atoms with van der Waals surface area (Å²) in [6, 6.07) is 6.33. The third-order valence-corrected chi connectivity index (χ3v) is 23.3. The van der Waals surface area contributed by atoms with Crippen molar-refractivity contribution in [2.45, 2.75) is 115 Å². The fourth-order valence-corrected chi connectivity index (χ4v) is 21.6. The van der Waals surface area contributed by atoms with Crippen molar-refractivity contribution in [3.05, 3.63) is 40.3 Å². The van der Waals surface area contributed by atoms with Gasteiger partial charge in [-0.2, -0.15) is 0 Å². The van der Waals surface area contributed by atoms with Crippen LogP contribution < -0.4 is 24.8 Å². The summed E-state index contributed by atoms with van der Waals surface area (Å²) in [7, 11) is -2.15. The van der Waals surface area contributed by atoms with Crippen LogP contribution in [0.3, 0.4) is 0 Å². The maximum absolute atomic E-state index is 2.76. The summed E-state index contributed by atoms with van der Waals surface area (Å²) in [6.07, 6.45) is 19.6.